The second-order valence-corrected chi connectivity index (χ2v) is 7.66. The molecule has 0 aromatic carbocycles. The summed E-state index contributed by atoms with van der Waals surface area (Å²) in [6.07, 6.45) is 6.52. The van der Waals surface area contributed by atoms with Crippen LogP contribution in [0.25, 0.3) is 6.08 Å². The first-order chi connectivity index (χ1) is 12.4. The molecular weight excluding hydrogens is 358 g/mol. The molecule has 0 aliphatic rings. The minimum absolute atomic E-state index is 0.166. The van der Waals surface area contributed by atoms with E-state index in [-0.39, 0.29) is 17.9 Å². The average molecular weight is 385 g/mol. The lowest BCUT2D eigenvalue weighted by Gasteiger charge is -2.14. The van der Waals surface area contributed by atoms with Crippen LogP contribution in [-0.4, -0.2) is 49.3 Å². The molecule has 0 saturated heterocycles. The van der Waals surface area contributed by atoms with Gasteiger partial charge in [-0.1, -0.05) is 26.2 Å². The number of carbonyl (C=O) groups excluding carboxylic acids is 1. The molecule has 1 amide bonds. The Bertz CT molecular complexity index is 754. The maximum Gasteiger partial charge on any atom is 0.325 e. The van der Waals surface area contributed by atoms with Crippen LogP contribution >= 0.6 is 0 Å². The third-order valence-electron chi connectivity index (χ3n) is 3.76. The summed E-state index contributed by atoms with van der Waals surface area (Å²) in [7, 11) is -1.11. The van der Waals surface area contributed by atoms with Gasteiger partial charge in [0.05, 0.1) is 18.2 Å². The summed E-state index contributed by atoms with van der Waals surface area (Å²) in [6.45, 7) is 3.33. The molecule has 0 bridgehead atoms. The molecule has 1 aromatic rings. The van der Waals surface area contributed by atoms with Crippen LogP contribution in [0.1, 0.15) is 43.9 Å². The second kappa shape index (κ2) is 11.6. The van der Waals surface area contributed by atoms with E-state index in [0.29, 0.717) is 11.4 Å². The molecule has 1 heterocycles. The lowest BCUT2D eigenvalue weighted by atomic mass is 10.2. The van der Waals surface area contributed by atoms with Crippen molar-refractivity contribution >= 4 is 22.8 Å². The number of hydrogen-bond acceptors (Lipinski definition) is 5. The van der Waals surface area contributed by atoms with Crippen LogP contribution in [0.2, 0.25) is 0 Å². The Morgan fingerprint density at radius 3 is 2.62 bits per heavy atom. The van der Waals surface area contributed by atoms with Crippen LogP contribution in [-0.2, 0) is 15.6 Å². The molecule has 0 aliphatic carbocycles. The van der Waals surface area contributed by atoms with Crippen molar-refractivity contribution in [3.63, 3.8) is 0 Å². The largest absolute Gasteiger partial charge is 0.394 e. The fourth-order valence-electron chi connectivity index (χ4n) is 2.36. The molecule has 4 N–H and O–H groups in total. The Morgan fingerprint density at radius 2 is 2.00 bits per heavy atom. The molecule has 1 unspecified atom stereocenters. The first-order valence-corrected chi connectivity index (χ1v) is 10.1. The molecule has 1 aromatic heterocycles. The van der Waals surface area contributed by atoms with Crippen LogP contribution in [0, 0.1) is 6.92 Å². The van der Waals surface area contributed by atoms with Crippen molar-refractivity contribution in [3.05, 3.63) is 38.2 Å². The molecule has 0 aliphatic heterocycles. The van der Waals surface area contributed by atoms with Gasteiger partial charge in [-0.3, -0.25) is 18.8 Å². The van der Waals surface area contributed by atoms with Crippen molar-refractivity contribution in [2.75, 3.05) is 18.1 Å². The zero-order valence-electron chi connectivity index (χ0n) is 15.2. The average Bonchev–Trinajstić information content (AvgIpc) is 2.57. The summed E-state index contributed by atoms with van der Waals surface area (Å²) in [5.41, 5.74) is -0.701. The standard InChI is InChI=1S/C17H27N3O5S/c1-3-4-5-6-9-26(25)11-13(10-21)19-15(22)8-7-14-12(2)18-17(24)20-16(14)23/h7-8,13,21H,3-6,9-11H2,1-2H3,(H,19,22)(H2,18,20,23,24)/b8-7+/t13-,26?/m0/s1. The predicted molar refractivity (Wildman–Crippen MR) is 102 cm³/mol. The number of hydrogen-bond donors (Lipinski definition) is 4. The van der Waals surface area contributed by atoms with Gasteiger partial charge in [0.25, 0.3) is 5.56 Å². The van der Waals surface area contributed by atoms with Crippen LogP contribution in [0.3, 0.4) is 0 Å². The van der Waals surface area contributed by atoms with Gasteiger partial charge in [-0.15, -0.1) is 0 Å². The van der Waals surface area contributed by atoms with E-state index in [1.807, 2.05) is 0 Å². The zero-order chi connectivity index (χ0) is 19.5. The van der Waals surface area contributed by atoms with E-state index < -0.39 is 34.0 Å². The van der Waals surface area contributed by atoms with Gasteiger partial charge in [0.2, 0.25) is 5.91 Å². The first-order valence-electron chi connectivity index (χ1n) is 8.65. The summed E-state index contributed by atoms with van der Waals surface area (Å²) in [5, 5.41) is 11.9. The van der Waals surface area contributed by atoms with Gasteiger partial charge in [-0.05, 0) is 19.4 Å². The molecule has 9 heteroatoms. The van der Waals surface area contributed by atoms with E-state index in [2.05, 4.69) is 22.2 Å². The van der Waals surface area contributed by atoms with E-state index in [0.717, 1.165) is 31.8 Å². The van der Waals surface area contributed by atoms with Crippen molar-refractivity contribution in [3.8, 4) is 0 Å². The highest BCUT2D eigenvalue weighted by Gasteiger charge is 2.13. The minimum Gasteiger partial charge on any atom is -0.394 e. The highest BCUT2D eigenvalue weighted by molar-refractivity contribution is 7.85. The SMILES string of the molecule is CCCCCCS(=O)C[C@H](CO)NC(=O)/C=C/c1c(C)[nH]c(=O)[nH]c1=O. The Morgan fingerprint density at radius 1 is 1.27 bits per heavy atom. The normalized spacial score (nSPS) is 13.7. The molecule has 26 heavy (non-hydrogen) atoms. The number of rotatable bonds is 11. The van der Waals surface area contributed by atoms with Crippen molar-refractivity contribution in [2.45, 2.75) is 45.6 Å². The summed E-state index contributed by atoms with van der Waals surface area (Å²) in [5.74, 6) is 0.214. The number of H-pyrrole nitrogens is 2. The van der Waals surface area contributed by atoms with Gasteiger partial charge < -0.3 is 15.4 Å². The maximum atomic E-state index is 12.0. The summed E-state index contributed by atoms with van der Waals surface area (Å²) in [6, 6.07) is -0.617. The molecular formula is C17H27N3O5S. The molecule has 1 rings (SSSR count). The molecule has 146 valence electrons. The van der Waals surface area contributed by atoms with E-state index in [1.54, 1.807) is 6.92 Å². The van der Waals surface area contributed by atoms with Crippen LogP contribution in [0.15, 0.2) is 15.7 Å². The molecule has 8 nitrogen and oxygen atoms in total. The van der Waals surface area contributed by atoms with Crippen molar-refractivity contribution in [2.24, 2.45) is 0 Å². The highest BCUT2D eigenvalue weighted by atomic mass is 32.2. The van der Waals surface area contributed by atoms with Crippen LogP contribution in [0.4, 0.5) is 0 Å². The number of carbonyl (C=O) groups is 1. The molecule has 2 atom stereocenters. The lowest BCUT2D eigenvalue weighted by molar-refractivity contribution is -0.117. The number of aliphatic hydroxyl groups excluding tert-OH is 1. The highest BCUT2D eigenvalue weighted by Crippen LogP contribution is 2.02. The number of aliphatic hydroxyl groups is 1. The third-order valence-corrected chi connectivity index (χ3v) is 5.28. The fourth-order valence-corrected chi connectivity index (χ4v) is 3.69. The lowest BCUT2D eigenvalue weighted by Crippen LogP contribution is -2.40. The second-order valence-electron chi connectivity index (χ2n) is 6.04. The Kier molecular flexibility index (Phi) is 9.82. The van der Waals surface area contributed by atoms with E-state index in [4.69, 9.17) is 0 Å². The van der Waals surface area contributed by atoms with Gasteiger partial charge in [0, 0.05) is 34.1 Å². The number of aromatic nitrogens is 2. The van der Waals surface area contributed by atoms with Crippen LogP contribution in [0.5, 0.6) is 0 Å². The summed E-state index contributed by atoms with van der Waals surface area (Å²) in [4.78, 5) is 39.3. The maximum absolute atomic E-state index is 12.0. The molecule has 0 fully saturated rings. The predicted octanol–water partition coefficient (Wildman–Crippen LogP) is 0.191. The number of aromatic amines is 2. The zero-order valence-corrected chi connectivity index (χ0v) is 16.0. The van der Waals surface area contributed by atoms with E-state index in [9.17, 15) is 23.7 Å². The number of nitrogens with one attached hydrogen (secondary N) is 3. The first kappa shape index (κ1) is 22.0. The number of amides is 1. The fraction of sp³-hybridized carbons (Fsp3) is 0.588. The number of aryl methyl sites for hydroxylation is 1. The quantitative estimate of drug-likeness (QED) is 0.319. The molecule has 0 radical (unpaired) electrons. The summed E-state index contributed by atoms with van der Waals surface area (Å²) >= 11 is 0. The van der Waals surface area contributed by atoms with Gasteiger partial charge in [-0.2, -0.15) is 0 Å². The Hall–Kier alpha value is -2.00. The topological polar surface area (TPSA) is 132 Å². The van der Waals surface area contributed by atoms with Crippen molar-refractivity contribution in [1.82, 2.24) is 15.3 Å². The third kappa shape index (κ3) is 7.92. The van der Waals surface area contributed by atoms with E-state index >= 15 is 0 Å². The van der Waals surface area contributed by atoms with Gasteiger partial charge >= 0.3 is 5.69 Å². The smallest absolute Gasteiger partial charge is 0.325 e. The van der Waals surface area contributed by atoms with Gasteiger partial charge in [0.15, 0.2) is 0 Å². The van der Waals surface area contributed by atoms with Crippen molar-refractivity contribution in [1.29, 1.82) is 0 Å². The van der Waals surface area contributed by atoms with E-state index in [1.165, 1.54) is 6.08 Å². The Balaban J connectivity index is 2.58. The molecule has 0 saturated carbocycles. The molecule has 0 spiro atoms. The Labute approximate surface area is 154 Å². The number of unbranched alkanes of at least 4 members (excludes halogenated alkanes) is 3. The van der Waals surface area contributed by atoms with Gasteiger partial charge in [0.1, 0.15) is 0 Å². The van der Waals surface area contributed by atoms with Crippen LogP contribution < -0.4 is 16.6 Å². The van der Waals surface area contributed by atoms with Gasteiger partial charge in [-0.25, -0.2) is 4.79 Å². The summed E-state index contributed by atoms with van der Waals surface area (Å²) < 4.78 is 12.0. The monoisotopic (exact) mass is 385 g/mol. The minimum atomic E-state index is -1.11. The van der Waals surface area contributed by atoms with Crippen molar-refractivity contribution < 1.29 is 14.1 Å².